The number of hydrogen-bond donors (Lipinski definition) is 0. The summed E-state index contributed by atoms with van der Waals surface area (Å²) in [6.07, 6.45) is 0. The highest BCUT2D eigenvalue weighted by molar-refractivity contribution is 6.22. The van der Waals surface area contributed by atoms with Crippen molar-refractivity contribution >= 4 is 32.3 Å². The van der Waals surface area contributed by atoms with E-state index in [1.54, 1.807) is 0 Å². The summed E-state index contributed by atoms with van der Waals surface area (Å²) >= 11 is 0. The first-order chi connectivity index (χ1) is 23.8. The van der Waals surface area contributed by atoms with Crippen molar-refractivity contribution in [2.24, 2.45) is 0 Å². The molecule has 0 heteroatoms. The van der Waals surface area contributed by atoms with Crippen LogP contribution < -0.4 is 0 Å². The van der Waals surface area contributed by atoms with Crippen LogP contribution in [0.5, 0.6) is 0 Å². The molecule has 0 aliphatic heterocycles. The van der Waals surface area contributed by atoms with Crippen LogP contribution in [0.25, 0.3) is 88.0 Å². The standard InChI is InChI=1S/C48H32/c1-3-14-33(15-4-1)37-20-13-21-38(30-37)39-28-29-45(46(32-39)35-17-5-2-6-18-35)48-43-24-11-9-22-41(43)47(42-23-10-12-25-44(42)48)40-27-26-34-16-7-8-19-36(34)31-40/h1-32H. The van der Waals surface area contributed by atoms with E-state index >= 15 is 0 Å². The second-order valence-electron chi connectivity index (χ2n) is 12.5. The molecule has 0 heterocycles. The van der Waals surface area contributed by atoms with Gasteiger partial charge in [0.1, 0.15) is 0 Å². The van der Waals surface area contributed by atoms with Gasteiger partial charge in [0.25, 0.3) is 0 Å². The maximum absolute atomic E-state index is 2.38. The first-order valence-corrected chi connectivity index (χ1v) is 16.6. The summed E-state index contributed by atoms with van der Waals surface area (Å²) in [5.41, 5.74) is 12.3. The fraction of sp³-hybridized carbons (Fsp3) is 0. The Hall–Kier alpha value is -6.24. The predicted octanol–water partition coefficient (Wildman–Crippen LogP) is 13.5. The monoisotopic (exact) mass is 608 g/mol. The Morgan fingerprint density at radius 2 is 0.688 bits per heavy atom. The van der Waals surface area contributed by atoms with Gasteiger partial charge in [0.2, 0.25) is 0 Å². The van der Waals surface area contributed by atoms with Gasteiger partial charge in [-0.15, -0.1) is 0 Å². The predicted molar refractivity (Wildman–Crippen MR) is 206 cm³/mol. The van der Waals surface area contributed by atoms with Gasteiger partial charge in [0.15, 0.2) is 0 Å². The van der Waals surface area contributed by atoms with Crippen molar-refractivity contribution < 1.29 is 0 Å². The van der Waals surface area contributed by atoms with E-state index in [9.17, 15) is 0 Å². The van der Waals surface area contributed by atoms with Gasteiger partial charge in [0, 0.05) is 0 Å². The molecule has 9 aromatic carbocycles. The Bertz CT molecular complexity index is 2540. The molecule has 0 bridgehead atoms. The van der Waals surface area contributed by atoms with E-state index in [2.05, 4.69) is 194 Å². The quantitative estimate of drug-likeness (QED) is 0.171. The topological polar surface area (TPSA) is 0 Å². The molecule has 0 N–H and O–H groups in total. The Morgan fingerprint density at radius 1 is 0.208 bits per heavy atom. The van der Waals surface area contributed by atoms with E-state index < -0.39 is 0 Å². The van der Waals surface area contributed by atoms with Gasteiger partial charge in [-0.05, 0) is 106 Å². The molecule has 0 spiro atoms. The fourth-order valence-corrected chi connectivity index (χ4v) is 7.38. The van der Waals surface area contributed by atoms with E-state index in [4.69, 9.17) is 0 Å². The summed E-state index contributed by atoms with van der Waals surface area (Å²) in [5.74, 6) is 0. The summed E-state index contributed by atoms with van der Waals surface area (Å²) in [7, 11) is 0. The highest BCUT2D eigenvalue weighted by Gasteiger charge is 2.19. The lowest BCUT2D eigenvalue weighted by atomic mass is 9.83. The van der Waals surface area contributed by atoms with Gasteiger partial charge >= 0.3 is 0 Å². The molecule has 9 aromatic rings. The summed E-state index contributed by atoms with van der Waals surface area (Å²) < 4.78 is 0. The normalized spacial score (nSPS) is 11.3. The summed E-state index contributed by atoms with van der Waals surface area (Å²) in [6, 6.07) is 70.8. The third-order valence-electron chi connectivity index (χ3n) is 9.65. The van der Waals surface area contributed by atoms with Gasteiger partial charge in [-0.25, -0.2) is 0 Å². The molecule has 0 aliphatic carbocycles. The summed E-state index contributed by atoms with van der Waals surface area (Å²) in [6.45, 7) is 0. The molecule has 48 heavy (non-hydrogen) atoms. The molecule has 0 atom stereocenters. The Balaban J connectivity index is 1.31. The molecule has 9 rings (SSSR count). The largest absolute Gasteiger partial charge is 0.0622 e. The molecule has 0 saturated heterocycles. The van der Waals surface area contributed by atoms with Crippen LogP contribution in [0, 0.1) is 0 Å². The number of benzene rings is 9. The first-order valence-electron chi connectivity index (χ1n) is 16.6. The average Bonchev–Trinajstić information content (AvgIpc) is 3.17. The smallest absolute Gasteiger partial charge is 0.00201 e. The van der Waals surface area contributed by atoms with Gasteiger partial charge in [-0.3, -0.25) is 0 Å². The lowest BCUT2D eigenvalue weighted by molar-refractivity contribution is 1.57. The average molecular weight is 609 g/mol. The molecule has 0 amide bonds. The molecular weight excluding hydrogens is 577 g/mol. The van der Waals surface area contributed by atoms with E-state index in [1.807, 2.05) is 0 Å². The van der Waals surface area contributed by atoms with Crippen molar-refractivity contribution in [2.45, 2.75) is 0 Å². The van der Waals surface area contributed by atoms with Crippen LogP contribution in [0.3, 0.4) is 0 Å². The third kappa shape index (κ3) is 4.87. The van der Waals surface area contributed by atoms with E-state index in [-0.39, 0.29) is 0 Å². The Labute approximate surface area is 281 Å². The minimum absolute atomic E-state index is 1.21. The number of rotatable bonds is 5. The second-order valence-corrected chi connectivity index (χ2v) is 12.5. The highest BCUT2D eigenvalue weighted by atomic mass is 14.2. The van der Waals surface area contributed by atoms with Gasteiger partial charge in [0.05, 0.1) is 0 Å². The Kier molecular flexibility index (Phi) is 6.91. The van der Waals surface area contributed by atoms with Crippen LogP contribution in [0.1, 0.15) is 0 Å². The minimum atomic E-state index is 1.21. The SMILES string of the molecule is c1ccc(-c2cccc(-c3ccc(-c4c5ccccc5c(-c5ccc6ccccc6c5)c5ccccc45)c(-c4ccccc4)c3)c2)cc1. The maximum Gasteiger partial charge on any atom is -0.00201 e. The van der Waals surface area contributed by atoms with Gasteiger partial charge < -0.3 is 0 Å². The first kappa shape index (κ1) is 28.0. The molecule has 0 aliphatic rings. The molecule has 0 aromatic heterocycles. The molecule has 0 fully saturated rings. The zero-order valence-electron chi connectivity index (χ0n) is 26.5. The van der Waals surface area contributed by atoms with E-state index in [0.29, 0.717) is 0 Å². The fourth-order valence-electron chi connectivity index (χ4n) is 7.38. The van der Waals surface area contributed by atoms with Crippen molar-refractivity contribution in [1.29, 1.82) is 0 Å². The molecule has 0 unspecified atom stereocenters. The van der Waals surface area contributed by atoms with Crippen LogP contribution >= 0.6 is 0 Å². The van der Waals surface area contributed by atoms with Crippen LogP contribution in [0.15, 0.2) is 194 Å². The van der Waals surface area contributed by atoms with Crippen LogP contribution in [-0.2, 0) is 0 Å². The van der Waals surface area contributed by atoms with Gasteiger partial charge in [-0.2, -0.15) is 0 Å². The summed E-state index contributed by atoms with van der Waals surface area (Å²) in [4.78, 5) is 0. The summed E-state index contributed by atoms with van der Waals surface area (Å²) in [5, 5.41) is 7.56. The number of hydrogen-bond acceptors (Lipinski definition) is 0. The van der Waals surface area contributed by atoms with Crippen LogP contribution in [-0.4, -0.2) is 0 Å². The molecular formula is C48H32. The van der Waals surface area contributed by atoms with E-state index in [1.165, 1.54) is 88.0 Å². The van der Waals surface area contributed by atoms with Crippen molar-refractivity contribution in [3.05, 3.63) is 194 Å². The lowest BCUT2D eigenvalue weighted by Gasteiger charge is -2.20. The maximum atomic E-state index is 2.38. The van der Waals surface area contributed by atoms with Crippen molar-refractivity contribution in [3.63, 3.8) is 0 Å². The van der Waals surface area contributed by atoms with Crippen molar-refractivity contribution in [2.75, 3.05) is 0 Å². The van der Waals surface area contributed by atoms with Crippen LogP contribution in [0.2, 0.25) is 0 Å². The van der Waals surface area contributed by atoms with Gasteiger partial charge in [-0.1, -0.05) is 176 Å². The molecule has 0 saturated carbocycles. The lowest BCUT2D eigenvalue weighted by Crippen LogP contribution is -1.93. The zero-order valence-corrected chi connectivity index (χ0v) is 26.5. The third-order valence-corrected chi connectivity index (χ3v) is 9.65. The Morgan fingerprint density at radius 3 is 1.35 bits per heavy atom. The van der Waals surface area contributed by atoms with Crippen LogP contribution in [0.4, 0.5) is 0 Å². The molecule has 0 nitrogen and oxygen atoms in total. The van der Waals surface area contributed by atoms with Crippen molar-refractivity contribution in [3.8, 4) is 55.6 Å². The minimum Gasteiger partial charge on any atom is -0.0622 e. The van der Waals surface area contributed by atoms with Crippen molar-refractivity contribution in [1.82, 2.24) is 0 Å². The second kappa shape index (κ2) is 11.8. The highest BCUT2D eigenvalue weighted by Crippen LogP contribution is 2.47. The molecule has 224 valence electrons. The number of fused-ring (bicyclic) bond motifs is 3. The zero-order chi connectivity index (χ0) is 31.9. The van der Waals surface area contributed by atoms with E-state index in [0.717, 1.165) is 0 Å². The molecule has 0 radical (unpaired) electrons.